The largest absolute Gasteiger partial charge is 0.463 e. The summed E-state index contributed by atoms with van der Waals surface area (Å²) in [6.07, 6.45) is 2.88. The van der Waals surface area contributed by atoms with Gasteiger partial charge in [-0.25, -0.2) is 0 Å². The summed E-state index contributed by atoms with van der Waals surface area (Å²) in [6, 6.07) is 0. The molecule has 1 aliphatic heterocycles. The summed E-state index contributed by atoms with van der Waals surface area (Å²) in [5.41, 5.74) is 0. The molecular formula is C8H14O2. The van der Waals surface area contributed by atoms with Gasteiger partial charge in [0.05, 0.1) is 6.10 Å². The fraction of sp³-hybridized carbons (Fsp3) is 0.875. The van der Waals surface area contributed by atoms with Crippen LogP contribution in [0.1, 0.15) is 33.1 Å². The summed E-state index contributed by atoms with van der Waals surface area (Å²) in [5, 5.41) is 0. The van der Waals surface area contributed by atoms with Gasteiger partial charge in [0.1, 0.15) is 0 Å². The summed E-state index contributed by atoms with van der Waals surface area (Å²) in [4.78, 5) is 10.9. The second-order valence-corrected chi connectivity index (χ2v) is 3.19. The minimum Gasteiger partial charge on any atom is -0.463 e. The molecule has 1 aliphatic rings. The van der Waals surface area contributed by atoms with Gasteiger partial charge in [0.15, 0.2) is 0 Å². The summed E-state index contributed by atoms with van der Waals surface area (Å²) in [5.74, 6) is 0.481. The number of rotatable bonds is 0. The van der Waals surface area contributed by atoms with Gasteiger partial charge in [0.25, 0.3) is 0 Å². The van der Waals surface area contributed by atoms with E-state index in [0.29, 0.717) is 12.3 Å². The highest BCUT2D eigenvalue weighted by Gasteiger charge is 2.18. The molecule has 2 nitrogen and oxygen atoms in total. The van der Waals surface area contributed by atoms with Crippen molar-refractivity contribution in [2.75, 3.05) is 0 Å². The van der Waals surface area contributed by atoms with Crippen molar-refractivity contribution >= 4 is 5.97 Å². The number of ether oxygens (including phenoxy) is 1. The van der Waals surface area contributed by atoms with E-state index in [0.717, 1.165) is 12.8 Å². The van der Waals surface area contributed by atoms with E-state index in [1.165, 1.54) is 0 Å². The van der Waals surface area contributed by atoms with E-state index in [-0.39, 0.29) is 12.1 Å². The number of cyclic esters (lactones) is 1. The van der Waals surface area contributed by atoms with Gasteiger partial charge in [-0.3, -0.25) is 4.79 Å². The van der Waals surface area contributed by atoms with Crippen molar-refractivity contribution in [2.45, 2.75) is 39.2 Å². The Bertz CT molecular complexity index is 117. The Morgan fingerprint density at radius 1 is 1.40 bits per heavy atom. The monoisotopic (exact) mass is 142 g/mol. The van der Waals surface area contributed by atoms with Crippen LogP contribution in [0.5, 0.6) is 0 Å². The van der Waals surface area contributed by atoms with Gasteiger partial charge in [0, 0.05) is 6.42 Å². The molecule has 0 spiro atoms. The molecule has 2 atom stereocenters. The zero-order chi connectivity index (χ0) is 7.56. The number of hydrogen-bond acceptors (Lipinski definition) is 2. The Hall–Kier alpha value is -0.530. The molecule has 2 heteroatoms. The fourth-order valence-electron chi connectivity index (χ4n) is 1.24. The van der Waals surface area contributed by atoms with Gasteiger partial charge >= 0.3 is 5.97 Å². The summed E-state index contributed by atoms with van der Waals surface area (Å²) < 4.78 is 5.04. The number of esters is 1. The summed E-state index contributed by atoms with van der Waals surface area (Å²) in [7, 11) is 0. The highest BCUT2D eigenvalue weighted by Crippen LogP contribution is 2.18. The van der Waals surface area contributed by atoms with Gasteiger partial charge in [-0.15, -0.1) is 0 Å². The highest BCUT2D eigenvalue weighted by molar-refractivity contribution is 5.70. The smallest absolute Gasteiger partial charge is 0.306 e. The van der Waals surface area contributed by atoms with Crippen LogP contribution in [0.25, 0.3) is 0 Å². The fourth-order valence-corrected chi connectivity index (χ4v) is 1.24. The predicted octanol–water partition coefficient (Wildman–Crippen LogP) is 1.74. The van der Waals surface area contributed by atoms with E-state index >= 15 is 0 Å². The average Bonchev–Trinajstić information content (AvgIpc) is 1.93. The SMILES string of the molecule is C[C@H]1CC[C@@H](C)OC(=O)C1. The number of carbonyl (C=O) groups excluding carboxylic acids is 1. The molecule has 0 radical (unpaired) electrons. The maximum absolute atomic E-state index is 10.9. The van der Waals surface area contributed by atoms with E-state index in [4.69, 9.17) is 4.74 Å². The molecule has 0 aliphatic carbocycles. The lowest BCUT2D eigenvalue weighted by Crippen LogP contribution is -2.10. The van der Waals surface area contributed by atoms with E-state index in [9.17, 15) is 4.79 Å². The molecule has 58 valence electrons. The third kappa shape index (κ3) is 2.01. The Morgan fingerprint density at radius 3 is 2.80 bits per heavy atom. The van der Waals surface area contributed by atoms with Crippen LogP contribution in [-0.2, 0) is 9.53 Å². The molecular weight excluding hydrogens is 128 g/mol. The van der Waals surface area contributed by atoms with E-state index in [1.807, 2.05) is 6.92 Å². The van der Waals surface area contributed by atoms with Crippen LogP contribution in [0, 0.1) is 5.92 Å². The molecule has 0 N–H and O–H groups in total. The van der Waals surface area contributed by atoms with Crippen LogP contribution in [0.15, 0.2) is 0 Å². The van der Waals surface area contributed by atoms with E-state index in [2.05, 4.69) is 6.92 Å². The second kappa shape index (κ2) is 3.04. The topological polar surface area (TPSA) is 26.3 Å². The number of hydrogen-bond donors (Lipinski definition) is 0. The van der Waals surface area contributed by atoms with Crippen molar-refractivity contribution in [1.29, 1.82) is 0 Å². The predicted molar refractivity (Wildman–Crippen MR) is 38.6 cm³/mol. The van der Waals surface area contributed by atoms with Gasteiger partial charge in [0.2, 0.25) is 0 Å². The minimum absolute atomic E-state index is 0.0301. The molecule has 0 aromatic carbocycles. The molecule has 0 saturated carbocycles. The van der Waals surface area contributed by atoms with Crippen molar-refractivity contribution in [1.82, 2.24) is 0 Å². The van der Waals surface area contributed by atoms with Gasteiger partial charge in [-0.1, -0.05) is 6.92 Å². The lowest BCUT2D eigenvalue weighted by atomic mass is 10.0. The Balaban J connectivity index is 2.46. The highest BCUT2D eigenvalue weighted by atomic mass is 16.5. The molecule has 1 saturated heterocycles. The van der Waals surface area contributed by atoms with E-state index < -0.39 is 0 Å². The van der Waals surface area contributed by atoms with Crippen LogP contribution in [-0.4, -0.2) is 12.1 Å². The van der Waals surface area contributed by atoms with Crippen LogP contribution in [0.3, 0.4) is 0 Å². The zero-order valence-corrected chi connectivity index (χ0v) is 6.59. The quantitative estimate of drug-likeness (QED) is 0.481. The van der Waals surface area contributed by atoms with Gasteiger partial charge < -0.3 is 4.74 Å². The Kier molecular flexibility index (Phi) is 2.30. The minimum atomic E-state index is -0.0301. The first-order chi connectivity index (χ1) is 4.68. The van der Waals surface area contributed by atoms with Crippen LogP contribution in [0.2, 0.25) is 0 Å². The maximum Gasteiger partial charge on any atom is 0.306 e. The second-order valence-electron chi connectivity index (χ2n) is 3.19. The Labute approximate surface area is 61.6 Å². The van der Waals surface area contributed by atoms with Crippen LogP contribution < -0.4 is 0 Å². The molecule has 0 amide bonds. The van der Waals surface area contributed by atoms with E-state index in [1.54, 1.807) is 0 Å². The number of carbonyl (C=O) groups is 1. The molecule has 0 aromatic heterocycles. The molecule has 0 unspecified atom stereocenters. The molecule has 1 rings (SSSR count). The molecule has 0 aromatic rings. The average molecular weight is 142 g/mol. The normalized spacial score (nSPS) is 34.8. The third-order valence-electron chi connectivity index (χ3n) is 1.91. The lowest BCUT2D eigenvalue weighted by molar-refractivity contribution is -0.147. The molecule has 0 bridgehead atoms. The van der Waals surface area contributed by atoms with Crippen molar-refractivity contribution in [3.05, 3.63) is 0 Å². The third-order valence-corrected chi connectivity index (χ3v) is 1.91. The van der Waals surface area contributed by atoms with Crippen LogP contribution >= 0.6 is 0 Å². The maximum atomic E-state index is 10.9. The summed E-state index contributed by atoms with van der Waals surface area (Å²) >= 11 is 0. The van der Waals surface area contributed by atoms with Crippen molar-refractivity contribution in [3.8, 4) is 0 Å². The van der Waals surface area contributed by atoms with Crippen molar-refractivity contribution in [2.24, 2.45) is 5.92 Å². The zero-order valence-electron chi connectivity index (χ0n) is 6.59. The molecule has 1 heterocycles. The first-order valence-corrected chi connectivity index (χ1v) is 3.88. The first-order valence-electron chi connectivity index (χ1n) is 3.88. The molecule has 1 fully saturated rings. The molecule has 10 heavy (non-hydrogen) atoms. The first kappa shape index (κ1) is 7.58. The summed E-state index contributed by atoms with van der Waals surface area (Å²) in [6.45, 7) is 4.05. The lowest BCUT2D eigenvalue weighted by Gasteiger charge is -2.06. The van der Waals surface area contributed by atoms with Crippen LogP contribution in [0.4, 0.5) is 0 Å². The Morgan fingerprint density at radius 2 is 2.10 bits per heavy atom. The van der Waals surface area contributed by atoms with Crippen molar-refractivity contribution < 1.29 is 9.53 Å². The standard InChI is InChI=1S/C8H14O2/c1-6-3-4-7(2)10-8(9)5-6/h6-7H,3-5H2,1-2H3/t6-,7+/m0/s1. The van der Waals surface area contributed by atoms with Gasteiger partial charge in [-0.2, -0.15) is 0 Å². The van der Waals surface area contributed by atoms with Gasteiger partial charge in [-0.05, 0) is 25.7 Å². The van der Waals surface area contributed by atoms with Crippen molar-refractivity contribution in [3.63, 3.8) is 0 Å².